The molecule has 1 aliphatic carbocycles. The third-order valence-corrected chi connectivity index (χ3v) is 5.97. The average molecular weight is 395 g/mol. The fraction of sp³-hybridized carbons (Fsp3) is 0.182. The number of halogens is 2. The van der Waals surface area contributed by atoms with Crippen LogP contribution in [0.5, 0.6) is 0 Å². The highest BCUT2D eigenvalue weighted by atomic mass is 35.5. The van der Waals surface area contributed by atoms with Crippen molar-refractivity contribution < 1.29 is 4.79 Å². The molecule has 3 nitrogen and oxygen atoms in total. The Morgan fingerprint density at radius 1 is 1.07 bits per heavy atom. The fourth-order valence-corrected chi connectivity index (χ4v) is 4.77. The zero-order valence-electron chi connectivity index (χ0n) is 14.4. The number of carbonyl (C=O) groups excluding carboxylic acids is 1. The first-order chi connectivity index (χ1) is 13.1. The second-order valence-corrected chi connectivity index (χ2v) is 7.81. The zero-order chi connectivity index (χ0) is 18.5. The summed E-state index contributed by atoms with van der Waals surface area (Å²) in [7, 11) is 0. The maximum atomic E-state index is 13.0. The number of pyridine rings is 1. The number of aromatic nitrogens is 1. The number of ketones is 1. The van der Waals surface area contributed by atoms with Gasteiger partial charge in [-0.15, -0.1) is 0 Å². The number of anilines is 1. The highest BCUT2D eigenvalue weighted by Gasteiger charge is 2.35. The molecule has 2 heterocycles. The molecule has 0 fully saturated rings. The number of rotatable bonds is 1. The van der Waals surface area contributed by atoms with E-state index in [2.05, 4.69) is 16.4 Å². The Labute approximate surface area is 167 Å². The molecule has 27 heavy (non-hydrogen) atoms. The van der Waals surface area contributed by atoms with Crippen LogP contribution in [0.2, 0.25) is 10.0 Å². The van der Waals surface area contributed by atoms with E-state index in [1.54, 1.807) is 12.3 Å². The average Bonchev–Trinajstić information content (AvgIpc) is 2.67. The van der Waals surface area contributed by atoms with Crippen molar-refractivity contribution in [3.05, 3.63) is 75.4 Å². The van der Waals surface area contributed by atoms with Gasteiger partial charge in [0.25, 0.3) is 0 Å². The van der Waals surface area contributed by atoms with E-state index in [1.165, 1.54) is 0 Å². The maximum Gasteiger partial charge on any atom is 0.161 e. The molecule has 3 aromatic rings. The number of allylic oxidation sites excluding steroid dienone is 1. The number of benzene rings is 2. The Hall–Kier alpha value is -2.36. The largest absolute Gasteiger partial charge is 0.373 e. The molecule has 1 N–H and O–H groups in total. The molecule has 0 spiro atoms. The van der Waals surface area contributed by atoms with Crippen LogP contribution in [0.4, 0.5) is 5.69 Å². The lowest BCUT2D eigenvalue weighted by Gasteiger charge is -2.35. The first-order valence-corrected chi connectivity index (χ1v) is 9.75. The van der Waals surface area contributed by atoms with E-state index in [4.69, 9.17) is 23.2 Å². The lowest BCUT2D eigenvalue weighted by atomic mass is 9.77. The molecule has 2 aromatic carbocycles. The Kier molecular flexibility index (Phi) is 3.96. The zero-order valence-corrected chi connectivity index (χ0v) is 15.9. The van der Waals surface area contributed by atoms with E-state index in [9.17, 15) is 4.79 Å². The molecule has 0 saturated carbocycles. The van der Waals surface area contributed by atoms with Gasteiger partial charge in [-0.25, -0.2) is 0 Å². The number of nitrogens with one attached hydrogen (secondary N) is 1. The van der Waals surface area contributed by atoms with Crippen molar-refractivity contribution in [1.29, 1.82) is 0 Å². The van der Waals surface area contributed by atoms with Gasteiger partial charge >= 0.3 is 0 Å². The van der Waals surface area contributed by atoms with Gasteiger partial charge in [-0.3, -0.25) is 9.78 Å². The molecule has 1 atom stereocenters. The smallest absolute Gasteiger partial charge is 0.161 e. The van der Waals surface area contributed by atoms with Crippen molar-refractivity contribution in [1.82, 2.24) is 4.98 Å². The molecular formula is C22H16Cl2N2O. The van der Waals surface area contributed by atoms with E-state index in [0.29, 0.717) is 16.5 Å². The third kappa shape index (κ3) is 2.65. The van der Waals surface area contributed by atoms with Gasteiger partial charge in [0.05, 0.1) is 11.6 Å². The molecule has 5 heteroatoms. The summed E-state index contributed by atoms with van der Waals surface area (Å²) in [5.74, 6) is 0.186. The van der Waals surface area contributed by atoms with Gasteiger partial charge in [-0.1, -0.05) is 35.3 Å². The number of Topliss-reactive ketones (excluding diaryl/α,β-unsaturated/α-hetero) is 1. The minimum absolute atomic E-state index is 0.186. The van der Waals surface area contributed by atoms with Crippen molar-refractivity contribution in [3.8, 4) is 0 Å². The number of carbonyl (C=O) groups is 1. The number of fused-ring (bicyclic) bond motifs is 4. The van der Waals surface area contributed by atoms with Gasteiger partial charge in [0.1, 0.15) is 0 Å². The summed E-state index contributed by atoms with van der Waals surface area (Å²) >= 11 is 12.6. The van der Waals surface area contributed by atoms with Crippen molar-refractivity contribution in [2.24, 2.45) is 0 Å². The van der Waals surface area contributed by atoms with E-state index >= 15 is 0 Å². The first kappa shape index (κ1) is 16.8. The van der Waals surface area contributed by atoms with Crippen molar-refractivity contribution in [3.63, 3.8) is 0 Å². The van der Waals surface area contributed by atoms with Crippen LogP contribution in [0.1, 0.15) is 36.4 Å². The fourth-order valence-electron chi connectivity index (χ4n) is 4.25. The Balaban J connectivity index is 1.79. The molecular weight excluding hydrogens is 379 g/mol. The van der Waals surface area contributed by atoms with E-state index in [-0.39, 0.29) is 11.8 Å². The summed E-state index contributed by atoms with van der Waals surface area (Å²) in [6, 6.07) is 13.3. The van der Waals surface area contributed by atoms with Crippen LogP contribution in [0.25, 0.3) is 16.5 Å². The standard InChI is InChI=1S/C22H16Cl2N2O/c23-12-6-7-13(16(24)11-12)22-21-15(3-1-5-19(21)27)20-14-4-2-10-25-17(14)8-9-18(20)26-22/h2,4,6-11,22,26H,1,3,5H2. The van der Waals surface area contributed by atoms with Crippen molar-refractivity contribution in [2.45, 2.75) is 25.3 Å². The number of nitrogens with zero attached hydrogens (tertiary/aromatic N) is 1. The highest BCUT2D eigenvalue weighted by molar-refractivity contribution is 6.35. The predicted octanol–water partition coefficient (Wildman–Crippen LogP) is 6.22. The van der Waals surface area contributed by atoms with Crippen LogP contribution in [-0.2, 0) is 4.79 Å². The van der Waals surface area contributed by atoms with Gasteiger partial charge in [-0.05, 0) is 54.3 Å². The first-order valence-electron chi connectivity index (χ1n) is 8.99. The van der Waals surface area contributed by atoms with Crippen LogP contribution in [0.3, 0.4) is 0 Å². The van der Waals surface area contributed by atoms with Gasteiger partial charge in [0.15, 0.2) is 5.78 Å². The number of hydrogen-bond acceptors (Lipinski definition) is 3. The highest BCUT2D eigenvalue weighted by Crippen LogP contribution is 2.48. The summed E-state index contributed by atoms with van der Waals surface area (Å²) in [4.78, 5) is 17.4. The van der Waals surface area contributed by atoms with Gasteiger partial charge < -0.3 is 5.32 Å². The molecule has 0 amide bonds. The van der Waals surface area contributed by atoms with Crippen LogP contribution in [0.15, 0.2) is 54.2 Å². The van der Waals surface area contributed by atoms with E-state index < -0.39 is 0 Å². The topological polar surface area (TPSA) is 42.0 Å². The van der Waals surface area contributed by atoms with E-state index in [0.717, 1.165) is 51.7 Å². The summed E-state index contributed by atoms with van der Waals surface area (Å²) in [6.07, 6.45) is 4.11. The Morgan fingerprint density at radius 3 is 2.81 bits per heavy atom. The monoisotopic (exact) mass is 394 g/mol. The molecule has 134 valence electrons. The van der Waals surface area contributed by atoms with Crippen LogP contribution in [-0.4, -0.2) is 10.8 Å². The minimum Gasteiger partial charge on any atom is -0.373 e. The molecule has 0 radical (unpaired) electrons. The van der Waals surface area contributed by atoms with Crippen LogP contribution in [0, 0.1) is 0 Å². The Bertz CT molecular complexity index is 1140. The molecule has 0 saturated heterocycles. The molecule has 1 unspecified atom stereocenters. The lowest BCUT2D eigenvalue weighted by molar-refractivity contribution is -0.116. The minimum atomic E-state index is -0.265. The summed E-state index contributed by atoms with van der Waals surface area (Å²) in [5, 5.41) is 5.79. The normalized spacial score (nSPS) is 18.9. The van der Waals surface area contributed by atoms with Gasteiger partial charge in [0, 0.05) is 44.9 Å². The summed E-state index contributed by atoms with van der Waals surface area (Å²) < 4.78 is 0. The number of hydrogen-bond donors (Lipinski definition) is 1. The Morgan fingerprint density at radius 2 is 1.96 bits per heavy atom. The van der Waals surface area contributed by atoms with Gasteiger partial charge in [0.2, 0.25) is 0 Å². The predicted molar refractivity (Wildman–Crippen MR) is 110 cm³/mol. The quantitative estimate of drug-likeness (QED) is 0.532. The molecule has 2 aliphatic rings. The maximum absolute atomic E-state index is 13.0. The third-order valence-electron chi connectivity index (χ3n) is 5.41. The second-order valence-electron chi connectivity index (χ2n) is 6.97. The summed E-state index contributed by atoms with van der Waals surface area (Å²) in [6.45, 7) is 0. The van der Waals surface area contributed by atoms with Crippen molar-refractivity contribution in [2.75, 3.05) is 5.32 Å². The van der Waals surface area contributed by atoms with E-state index in [1.807, 2.05) is 30.3 Å². The summed E-state index contributed by atoms with van der Waals surface area (Å²) in [5.41, 5.74) is 5.88. The van der Waals surface area contributed by atoms with Gasteiger partial charge in [-0.2, -0.15) is 0 Å². The molecule has 5 rings (SSSR count). The second kappa shape index (κ2) is 6.36. The molecule has 0 bridgehead atoms. The lowest BCUT2D eigenvalue weighted by Crippen LogP contribution is -2.27. The molecule has 1 aromatic heterocycles. The van der Waals surface area contributed by atoms with Crippen LogP contribution >= 0.6 is 23.2 Å². The van der Waals surface area contributed by atoms with Crippen molar-refractivity contribution >= 4 is 51.1 Å². The molecule has 1 aliphatic heterocycles. The SMILES string of the molecule is O=C1CCCC2=C1C(c1ccc(Cl)cc1Cl)Nc1ccc3ncccc3c12. The van der Waals surface area contributed by atoms with Crippen LogP contribution < -0.4 is 5.32 Å².